The molecule has 1 nitrogen and oxygen atoms in total. The highest BCUT2D eigenvalue weighted by Crippen LogP contribution is 2.37. The summed E-state index contributed by atoms with van der Waals surface area (Å²) in [6.45, 7) is 6.71. The quantitative estimate of drug-likeness (QED) is 0.761. The van der Waals surface area contributed by atoms with Crippen LogP contribution in [-0.2, 0) is 0 Å². The first-order chi connectivity index (χ1) is 8.56. The predicted molar refractivity (Wildman–Crippen MR) is 87.1 cm³/mol. The lowest BCUT2D eigenvalue weighted by molar-refractivity contribution is 0.617. The standard InChI is InChI=1S/C15H24BrNS/c1-4-14(17)15(18-10-9-11(2)3)12-7-5-6-8-13(12)16/h5-8,11,14-15H,4,9-10,17H2,1-3H3. The van der Waals surface area contributed by atoms with Gasteiger partial charge < -0.3 is 5.73 Å². The number of halogens is 1. The van der Waals surface area contributed by atoms with Crippen LogP contribution in [0, 0.1) is 5.92 Å². The second-order valence-electron chi connectivity index (χ2n) is 5.07. The Balaban J connectivity index is 2.75. The van der Waals surface area contributed by atoms with Crippen molar-refractivity contribution in [2.24, 2.45) is 11.7 Å². The first-order valence-corrected chi connectivity index (χ1v) is 8.52. The van der Waals surface area contributed by atoms with Crippen molar-refractivity contribution in [2.45, 2.75) is 44.9 Å². The lowest BCUT2D eigenvalue weighted by atomic mass is 10.0. The fraction of sp³-hybridized carbons (Fsp3) is 0.600. The summed E-state index contributed by atoms with van der Waals surface area (Å²) in [6, 6.07) is 8.67. The van der Waals surface area contributed by atoms with E-state index in [1.807, 2.05) is 11.8 Å². The van der Waals surface area contributed by atoms with Crippen LogP contribution in [0.25, 0.3) is 0 Å². The zero-order valence-corrected chi connectivity index (χ0v) is 13.9. The molecule has 0 aliphatic carbocycles. The summed E-state index contributed by atoms with van der Waals surface area (Å²) in [5, 5.41) is 0.393. The molecule has 2 N–H and O–H groups in total. The molecule has 0 heterocycles. The normalized spacial score (nSPS) is 14.8. The molecule has 0 amide bonds. The zero-order valence-electron chi connectivity index (χ0n) is 11.5. The molecule has 2 atom stereocenters. The van der Waals surface area contributed by atoms with Crippen molar-refractivity contribution in [2.75, 3.05) is 5.75 Å². The molecule has 18 heavy (non-hydrogen) atoms. The van der Waals surface area contributed by atoms with Crippen molar-refractivity contribution >= 4 is 27.7 Å². The fourth-order valence-corrected chi connectivity index (χ4v) is 4.16. The van der Waals surface area contributed by atoms with Gasteiger partial charge in [0.05, 0.1) is 0 Å². The SMILES string of the molecule is CCC(N)C(SCCC(C)C)c1ccccc1Br. The molecule has 0 bridgehead atoms. The van der Waals surface area contributed by atoms with E-state index in [4.69, 9.17) is 5.73 Å². The van der Waals surface area contributed by atoms with Crippen molar-refractivity contribution in [3.05, 3.63) is 34.3 Å². The Hall–Kier alpha value is 0.01000. The second kappa shape index (κ2) is 8.23. The fourth-order valence-electron chi connectivity index (χ4n) is 1.79. The smallest absolute Gasteiger partial charge is 0.0459 e. The van der Waals surface area contributed by atoms with E-state index in [9.17, 15) is 0 Å². The molecular weight excluding hydrogens is 306 g/mol. The van der Waals surface area contributed by atoms with Gasteiger partial charge in [0.1, 0.15) is 0 Å². The number of nitrogens with two attached hydrogens (primary N) is 1. The molecular formula is C15H24BrNS. The van der Waals surface area contributed by atoms with Crippen LogP contribution in [-0.4, -0.2) is 11.8 Å². The van der Waals surface area contributed by atoms with Crippen LogP contribution in [0.5, 0.6) is 0 Å². The molecule has 0 fully saturated rings. The van der Waals surface area contributed by atoms with Gasteiger partial charge in [-0.3, -0.25) is 0 Å². The topological polar surface area (TPSA) is 26.0 Å². The van der Waals surface area contributed by atoms with Gasteiger partial charge in [-0.2, -0.15) is 11.8 Å². The molecule has 0 radical (unpaired) electrons. The summed E-state index contributed by atoms with van der Waals surface area (Å²) in [5.41, 5.74) is 7.63. The van der Waals surface area contributed by atoms with Crippen LogP contribution in [0.1, 0.15) is 44.4 Å². The zero-order chi connectivity index (χ0) is 13.5. The van der Waals surface area contributed by atoms with Crippen LogP contribution in [0.3, 0.4) is 0 Å². The van der Waals surface area contributed by atoms with Crippen molar-refractivity contribution in [3.8, 4) is 0 Å². The third kappa shape index (κ3) is 4.94. The number of rotatable bonds is 7. The highest BCUT2D eigenvalue weighted by molar-refractivity contribution is 9.10. The number of thioether (sulfide) groups is 1. The van der Waals surface area contributed by atoms with Gasteiger partial charge in [0.2, 0.25) is 0 Å². The molecule has 0 aliphatic heterocycles. The maximum Gasteiger partial charge on any atom is 0.0459 e. The van der Waals surface area contributed by atoms with Crippen LogP contribution < -0.4 is 5.73 Å². The summed E-state index contributed by atoms with van der Waals surface area (Å²) in [5.74, 6) is 1.94. The third-order valence-corrected chi connectivity index (χ3v) is 5.22. The first-order valence-electron chi connectivity index (χ1n) is 6.67. The summed E-state index contributed by atoms with van der Waals surface area (Å²) in [6.07, 6.45) is 2.27. The maximum absolute atomic E-state index is 6.29. The molecule has 0 spiro atoms. The Morgan fingerprint density at radius 2 is 1.94 bits per heavy atom. The van der Waals surface area contributed by atoms with Crippen LogP contribution >= 0.6 is 27.7 Å². The summed E-state index contributed by atoms with van der Waals surface area (Å²) in [4.78, 5) is 0. The Kier molecular flexibility index (Phi) is 7.35. The minimum absolute atomic E-state index is 0.223. The summed E-state index contributed by atoms with van der Waals surface area (Å²) in [7, 11) is 0. The summed E-state index contributed by atoms with van der Waals surface area (Å²) >= 11 is 5.64. The Bertz CT molecular complexity index is 354. The number of hydrogen-bond donors (Lipinski definition) is 1. The summed E-state index contributed by atoms with van der Waals surface area (Å²) < 4.78 is 1.18. The first kappa shape index (κ1) is 16.1. The van der Waals surface area contributed by atoms with E-state index < -0.39 is 0 Å². The monoisotopic (exact) mass is 329 g/mol. The molecule has 2 unspecified atom stereocenters. The minimum atomic E-state index is 0.223. The highest BCUT2D eigenvalue weighted by atomic mass is 79.9. The van der Waals surface area contributed by atoms with Gasteiger partial charge in [-0.15, -0.1) is 0 Å². The predicted octanol–water partition coefficient (Wildman–Crippen LogP) is 5.01. The lowest BCUT2D eigenvalue weighted by Crippen LogP contribution is -2.26. The van der Waals surface area contributed by atoms with Gasteiger partial charge in [-0.25, -0.2) is 0 Å². The molecule has 1 aromatic rings. The number of hydrogen-bond acceptors (Lipinski definition) is 2. The van der Waals surface area contributed by atoms with Crippen molar-refractivity contribution in [1.82, 2.24) is 0 Å². The molecule has 0 aliphatic rings. The molecule has 1 aromatic carbocycles. The van der Waals surface area contributed by atoms with Crippen molar-refractivity contribution in [1.29, 1.82) is 0 Å². The Morgan fingerprint density at radius 3 is 2.50 bits per heavy atom. The van der Waals surface area contributed by atoms with E-state index in [1.165, 1.54) is 22.2 Å². The number of benzene rings is 1. The van der Waals surface area contributed by atoms with Crippen LogP contribution in [0.4, 0.5) is 0 Å². The van der Waals surface area contributed by atoms with Gasteiger partial charge in [0, 0.05) is 15.8 Å². The van der Waals surface area contributed by atoms with E-state index in [0.29, 0.717) is 5.25 Å². The van der Waals surface area contributed by atoms with Crippen molar-refractivity contribution in [3.63, 3.8) is 0 Å². The lowest BCUT2D eigenvalue weighted by Gasteiger charge is -2.24. The molecule has 102 valence electrons. The largest absolute Gasteiger partial charge is 0.326 e. The van der Waals surface area contributed by atoms with Gasteiger partial charge in [0.15, 0.2) is 0 Å². The Morgan fingerprint density at radius 1 is 1.28 bits per heavy atom. The molecule has 0 saturated carbocycles. The molecule has 0 aromatic heterocycles. The highest BCUT2D eigenvalue weighted by Gasteiger charge is 2.20. The van der Waals surface area contributed by atoms with Gasteiger partial charge in [-0.1, -0.05) is 54.9 Å². The van der Waals surface area contributed by atoms with E-state index in [-0.39, 0.29) is 6.04 Å². The molecule has 0 saturated heterocycles. The maximum atomic E-state index is 6.29. The van der Waals surface area contributed by atoms with Gasteiger partial charge >= 0.3 is 0 Å². The van der Waals surface area contributed by atoms with Crippen molar-refractivity contribution < 1.29 is 0 Å². The van der Waals surface area contributed by atoms with E-state index in [0.717, 1.165) is 12.3 Å². The second-order valence-corrected chi connectivity index (χ2v) is 7.17. The van der Waals surface area contributed by atoms with E-state index >= 15 is 0 Å². The molecule has 3 heteroatoms. The van der Waals surface area contributed by atoms with E-state index in [2.05, 4.69) is 61.0 Å². The average Bonchev–Trinajstić information content (AvgIpc) is 2.35. The van der Waals surface area contributed by atoms with Gasteiger partial charge in [0.25, 0.3) is 0 Å². The van der Waals surface area contributed by atoms with Gasteiger partial charge in [-0.05, 0) is 36.1 Å². The van der Waals surface area contributed by atoms with Crippen LogP contribution in [0.15, 0.2) is 28.7 Å². The third-order valence-electron chi connectivity index (χ3n) is 3.06. The Labute approximate surface area is 124 Å². The minimum Gasteiger partial charge on any atom is -0.326 e. The van der Waals surface area contributed by atoms with Crippen LogP contribution in [0.2, 0.25) is 0 Å². The van der Waals surface area contributed by atoms with E-state index in [1.54, 1.807) is 0 Å². The molecule has 1 rings (SSSR count). The average molecular weight is 330 g/mol.